The highest BCUT2D eigenvalue weighted by Crippen LogP contribution is 2.49. The molecule has 2 rings (SSSR count). The fourth-order valence-corrected chi connectivity index (χ4v) is 5.90. The van der Waals surface area contributed by atoms with Crippen molar-refractivity contribution in [3.05, 3.63) is 33.8 Å². The first-order valence-electron chi connectivity index (χ1n) is 10.1. The summed E-state index contributed by atoms with van der Waals surface area (Å²) >= 11 is 3.76. The van der Waals surface area contributed by atoms with Crippen molar-refractivity contribution in [3.63, 3.8) is 0 Å². The first-order chi connectivity index (χ1) is 12.4. The van der Waals surface area contributed by atoms with Gasteiger partial charge in [-0.2, -0.15) is 0 Å². The Kier molecular flexibility index (Phi) is 6.95. The zero-order chi connectivity index (χ0) is 20.6. The average Bonchev–Trinajstić information content (AvgIpc) is 2.51. The van der Waals surface area contributed by atoms with E-state index in [2.05, 4.69) is 76.3 Å². The fourth-order valence-electron chi connectivity index (χ4n) is 4.45. The molecule has 1 saturated carbocycles. The summed E-state index contributed by atoms with van der Waals surface area (Å²) in [5, 5.41) is 0. The van der Waals surface area contributed by atoms with E-state index in [-0.39, 0.29) is 10.8 Å². The fraction of sp³-hybridized carbons (Fsp3) is 0.652. The second kappa shape index (κ2) is 8.32. The number of rotatable bonds is 5. The Morgan fingerprint density at radius 2 is 1.93 bits per heavy atom. The van der Waals surface area contributed by atoms with E-state index >= 15 is 0 Å². The van der Waals surface area contributed by atoms with Gasteiger partial charge in [-0.05, 0) is 83.1 Å². The summed E-state index contributed by atoms with van der Waals surface area (Å²) in [7, 11) is 0.472. The number of ether oxygens (including phenoxy) is 1. The highest BCUT2D eigenvalue weighted by Gasteiger charge is 2.37. The lowest BCUT2D eigenvalue weighted by Gasteiger charge is -2.41. The Hall–Kier alpha value is -0.743. The summed E-state index contributed by atoms with van der Waals surface area (Å²) in [6.07, 6.45) is 4.66. The zero-order valence-corrected chi connectivity index (χ0v) is 21.2. The van der Waals surface area contributed by atoms with E-state index in [0.29, 0.717) is 5.92 Å². The molecule has 1 aliphatic carbocycles. The standard InChI is InChI=1S/C23H37BrO2Si/c1-15-11-10-12-23(5,6)17(15)13-16-14-18(25-7)20(24)21(26-27(8)9)19(16)22(2,3)4/h14,17,27H,1,10-13H2,2-9H3/t17-/m1/s1. The molecule has 0 spiro atoms. The average molecular weight is 454 g/mol. The molecule has 152 valence electrons. The highest BCUT2D eigenvalue weighted by molar-refractivity contribution is 9.10. The van der Waals surface area contributed by atoms with E-state index < -0.39 is 9.04 Å². The molecule has 4 heteroatoms. The molecule has 1 aliphatic rings. The van der Waals surface area contributed by atoms with Crippen molar-refractivity contribution in [1.82, 2.24) is 0 Å². The Bertz CT molecular complexity index is 701. The Morgan fingerprint density at radius 1 is 1.30 bits per heavy atom. The third kappa shape index (κ3) is 5.00. The molecule has 1 fully saturated rings. The first kappa shape index (κ1) is 22.5. The van der Waals surface area contributed by atoms with Crippen LogP contribution in [0.25, 0.3) is 0 Å². The molecule has 0 heterocycles. The van der Waals surface area contributed by atoms with Crippen LogP contribution in [0.2, 0.25) is 13.1 Å². The molecule has 0 saturated heterocycles. The van der Waals surface area contributed by atoms with Crippen LogP contribution < -0.4 is 9.16 Å². The van der Waals surface area contributed by atoms with Gasteiger partial charge in [0.25, 0.3) is 0 Å². The molecule has 0 radical (unpaired) electrons. The van der Waals surface area contributed by atoms with Gasteiger partial charge in [-0.25, -0.2) is 0 Å². The minimum absolute atomic E-state index is 0.0110. The van der Waals surface area contributed by atoms with Gasteiger partial charge in [0.2, 0.25) is 9.04 Å². The molecule has 0 unspecified atom stereocenters. The molecular weight excluding hydrogens is 416 g/mol. The normalized spacial score (nSPS) is 20.1. The van der Waals surface area contributed by atoms with E-state index in [1.807, 2.05) is 0 Å². The summed E-state index contributed by atoms with van der Waals surface area (Å²) in [4.78, 5) is 0. The van der Waals surface area contributed by atoms with Gasteiger partial charge in [-0.15, -0.1) is 0 Å². The second-order valence-corrected chi connectivity index (χ2v) is 13.1. The molecule has 0 aromatic heterocycles. The van der Waals surface area contributed by atoms with Crippen molar-refractivity contribution in [2.75, 3.05) is 7.11 Å². The Morgan fingerprint density at radius 3 is 2.41 bits per heavy atom. The first-order valence-corrected chi connectivity index (χ1v) is 13.7. The Balaban J connectivity index is 2.65. The topological polar surface area (TPSA) is 18.5 Å². The maximum atomic E-state index is 6.44. The van der Waals surface area contributed by atoms with Crippen LogP contribution in [0.5, 0.6) is 11.5 Å². The molecule has 27 heavy (non-hydrogen) atoms. The van der Waals surface area contributed by atoms with Gasteiger partial charge in [-0.1, -0.05) is 46.8 Å². The van der Waals surface area contributed by atoms with Crippen molar-refractivity contribution >= 4 is 25.0 Å². The molecule has 0 aliphatic heterocycles. The number of hydrogen-bond acceptors (Lipinski definition) is 2. The van der Waals surface area contributed by atoms with Crippen LogP contribution in [0.3, 0.4) is 0 Å². The number of allylic oxidation sites excluding steroid dienone is 1. The van der Waals surface area contributed by atoms with Crippen LogP contribution in [0.1, 0.15) is 65.0 Å². The smallest absolute Gasteiger partial charge is 0.229 e. The van der Waals surface area contributed by atoms with Crippen LogP contribution in [-0.2, 0) is 11.8 Å². The summed E-state index contributed by atoms with van der Waals surface area (Å²) in [5.41, 5.74) is 4.31. The van der Waals surface area contributed by atoms with Crippen molar-refractivity contribution in [2.24, 2.45) is 11.3 Å². The van der Waals surface area contributed by atoms with E-state index in [0.717, 1.165) is 28.8 Å². The number of halogens is 1. The van der Waals surface area contributed by atoms with Gasteiger partial charge in [0.1, 0.15) is 16.0 Å². The SMILES string of the molecule is C=C1CCCC(C)(C)[C@@H]1Cc1cc(OC)c(Br)c(O[SiH](C)C)c1C(C)(C)C. The van der Waals surface area contributed by atoms with Crippen LogP contribution in [0.15, 0.2) is 22.7 Å². The number of hydrogen-bond donors (Lipinski definition) is 0. The van der Waals surface area contributed by atoms with Crippen molar-refractivity contribution in [1.29, 1.82) is 0 Å². The lowest BCUT2D eigenvalue weighted by atomic mass is 9.64. The van der Waals surface area contributed by atoms with Crippen LogP contribution in [-0.4, -0.2) is 16.2 Å². The maximum absolute atomic E-state index is 6.44. The molecule has 1 atom stereocenters. The van der Waals surface area contributed by atoms with E-state index in [1.165, 1.54) is 29.5 Å². The lowest BCUT2D eigenvalue weighted by molar-refractivity contribution is 0.188. The third-order valence-corrected chi connectivity index (χ3v) is 7.23. The summed E-state index contributed by atoms with van der Waals surface area (Å²) < 4.78 is 13.1. The number of benzene rings is 1. The zero-order valence-electron chi connectivity index (χ0n) is 18.5. The monoisotopic (exact) mass is 452 g/mol. The largest absolute Gasteiger partial charge is 0.546 e. The predicted molar refractivity (Wildman–Crippen MR) is 123 cm³/mol. The van der Waals surface area contributed by atoms with Gasteiger partial charge in [0.05, 0.1) is 7.11 Å². The Labute approximate surface area is 176 Å². The molecular formula is C23H37BrO2Si. The molecule has 1 aromatic carbocycles. The van der Waals surface area contributed by atoms with Gasteiger partial charge < -0.3 is 9.16 Å². The quantitative estimate of drug-likeness (QED) is 0.352. The van der Waals surface area contributed by atoms with Gasteiger partial charge in [-0.3, -0.25) is 0 Å². The van der Waals surface area contributed by atoms with Crippen molar-refractivity contribution < 1.29 is 9.16 Å². The van der Waals surface area contributed by atoms with Crippen molar-refractivity contribution in [3.8, 4) is 11.5 Å². The molecule has 0 bridgehead atoms. The molecule has 0 amide bonds. The predicted octanol–water partition coefficient (Wildman–Crippen LogP) is 7.04. The third-order valence-electron chi connectivity index (χ3n) is 5.77. The van der Waals surface area contributed by atoms with Crippen molar-refractivity contribution in [2.45, 2.75) is 78.8 Å². The van der Waals surface area contributed by atoms with Crippen LogP contribution in [0.4, 0.5) is 0 Å². The van der Waals surface area contributed by atoms with Crippen LogP contribution in [0, 0.1) is 11.3 Å². The minimum atomic E-state index is -1.26. The van der Waals surface area contributed by atoms with E-state index in [1.54, 1.807) is 7.11 Å². The van der Waals surface area contributed by atoms with Gasteiger partial charge >= 0.3 is 0 Å². The summed E-state index contributed by atoms with van der Waals surface area (Å²) in [5.74, 6) is 2.34. The second-order valence-electron chi connectivity index (χ2n) is 9.93. The minimum Gasteiger partial charge on any atom is -0.546 e. The molecule has 1 aromatic rings. The maximum Gasteiger partial charge on any atom is 0.229 e. The summed E-state index contributed by atoms with van der Waals surface area (Å²) in [6, 6.07) is 2.22. The van der Waals surface area contributed by atoms with Crippen LogP contribution >= 0.6 is 15.9 Å². The van der Waals surface area contributed by atoms with E-state index in [4.69, 9.17) is 9.16 Å². The van der Waals surface area contributed by atoms with Gasteiger partial charge in [0, 0.05) is 5.56 Å². The van der Waals surface area contributed by atoms with E-state index in [9.17, 15) is 0 Å². The highest BCUT2D eigenvalue weighted by atomic mass is 79.9. The lowest BCUT2D eigenvalue weighted by Crippen LogP contribution is -2.32. The number of methoxy groups -OCH3 is 1. The molecule has 0 N–H and O–H groups in total. The molecule has 2 nitrogen and oxygen atoms in total. The summed E-state index contributed by atoms with van der Waals surface area (Å²) in [6.45, 7) is 20.5. The van der Waals surface area contributed by atoms with Gasteiger partial charge in [0.15, 0.2) is 0 Å².